The molecule has 0 N–H and O–H groups in total. The third kappa shape index (κ3) is 6.48. The Morgan fingerprint density at radius 2 is 1.19 bits per heavy atom. The van der Waals surface area contributed by atoms with Gasteiger partial charge in [0.2, 0.25) is 0 Å². The number of halogens is 2. The molecule has 0 heterocycles. The SMILES string of the molecule is Cc1ccc(OC(F)(F)C2CCC(C3CCC(CCC4CCC(C)CC4)CC3)CC2)cc1. The summed E-state index contributed by atoms with van der Waals surface area (Å²) < 4.78 is 34.6. The van der Waals surface area contributed by atoms with Crippen LogP contribution < -0.4 is 4.74 Å². The van der Waals surface area contributed by atoms with Crippen molar-refractivity contribution in [1.82, 2.24) is 0 Å². The quantitative estimate of drug-likeness (QED) is 0.405. The van der Waals surface area contributed by atoms with Crippen molar-refractivity contribution in [3.8, 4) is 5.75 Å². The van der Waals surface area contributed by atoms with Gasteiger partial charge in [-0.05, 0) is 87.2 Å². The smallest absolute Gasteiger partial charge is 0.400 e. The summed E-state index contributed by atoms with van der Waals surface area (Å²) in [5, 5.41) is 0. The van der Waals surface area contributed by atoms with Gasteiger partial charge < -0.3 is 4.74 Å². The van der Waals surface area contributed by atoms with Crippen LogP contribution in [0, 0.1) is 42.4 Å². The number of hydrogen-bond acceptors (Lipinski definition) is 1. The molecule has 1 nitrogen and oxygen atoms in total. The van der Waals surface area contributed by atoms with Gasteiger partial charge in [0.15, 0.2) is 0 Å². The lowest BCUT2D eigenvalue weighted by Gasteiger charge is -2.39. The molecule has 0 unspecified atom stereocenters. The molecule has 3 saturated carbocycles. The Morgan fingerprint density at radius 1 is 0.719 bits per heavy atom. The lowest BCUT2D eigenvalue weighted by Crippen LogP contribution is -2.38. The molecule has 0 aliphatic heterocycles. The molecule has 0 amide bonds. The number of ether oxygens (including phenoxy) is 1. The predicted molar refractivity (Wildman–Crippen MR) is 128 cm³/mol. The fourth-order valence-corrected chi connectivity index (χ4v) is 6.81. The second-order valence-corrected chi connectivity index (χ2v) is 11.6. The highest BCUT2D eigenvalue weighted by atomic mass is 19.3. The lowest BCUT2D eigenvalue weighted by molar-refractivity contribution is -0.224. The molecule has 180 valence electrons. The van der Waals surface area contributed by atoms with Gasteiger partial charge in [-0.15, -0.1) is 0 Å². The van der Waals surface area contributed by atoms with Gasteiger partial charge in [-0.1, -0.05) is 76.0 Å². The maximum Gasteiger partial charge on any atom is 0.400 e. The fraction of sp³-hybridized carbons (Fsp3) is 0.793. The number of rotatable bonds is 7. The highest BCUT2D eigenvalue weighted by Gasteiger charge is 2.45. The van der Waals surface area contributed by atoms with Crippen molar-refractivity contribution >= 4 is 0 Å². The predicted octanol–water partition coefficient (Wildman–Crippen LogP) is 9.19. The molecule has 3 aliphatic rings. The summed E-state index contributed by atoms with van der Waals surface area (Å²) in [5.74, 6) is 3.93. The number of alkyl halides is 2. The van der Waals surface area contributed by atoms with E-state index in [0.717, 1.165) is 42.1 Å². The van der Waals surface area contributed by atoms with Crippen molar-refractivity contribution in [3.63, 3.8) is 0 Å². The topological polar surface area (TPSA) is 9.23 Å². The van der Waals surface area contributed by atoms with E-state index in [1.54, 1.807) is 12.1 Å². The molecule has 0 bridgehead atoms. The second-order valence-electron chi connectivity index (χ2n) is 11.6. The summed E-state index contributed by atoms with van der Waals surface area (Å²) >= 11 is 0. The molecule has 4 rings (SSSR count). The van der Waals surface area contributed by atoms with Gasteiger partial charge in [-0.25, -0.2) is 0 Å². The van der Waals surface area contributed by atoms with Crippen molar-refractivity contribution in [1.29, 1.82) is 0 Å². The van der Waals surface area contributed by atoms with Crippen LogP contribution in [0.15, 0.2) is 24.3 Å². The molecule has 3 heteroatoms. The Labute approximate surface area is 194 Å². The van der Waals surface area contributed by atoms with E-state index >= 15 is 0 Å². The molecule has 0 saturated heterocycles. The summed E-state index contributed by atoms with van der Waals surface area (Å²) in [7, 11) is 0. The molecule has 0 atom stereocenters. The first kappa shape index (κ1) is 24.0. The van der Waals surface area contributed by atoms with Crippen LogP contribution in [0.5, 0.6) is 5.75 Å². The van der Waals surface area contributed by atoms with E-state index in [0.29, 0.717) is 18.8 Å². The zero-order valence-electron chi connectivity index (χ0n) is 20.3. The number of aryl methyl sites for hydroxylation is 1. The minimum atomic E-state index is -3.06. The maximum atomic E-state index is 14.8. The third-order valence-corrected chi connectivity index (χ3v) is 9.20. The van der Waals surface area contributed by atoms with Crippen LogP contribution in [-0.4, -0.2) is 6.11 Å². The first-order chi connectivity index (χ1) is 15.4. The van der Waals surface area contributed by atoms with Crippen molar-refractivity contribution in [2.75, 3.05) is 0 Å². The summed E-state index contributed by atoms with van der Waals surface area (Å²) in [5.41, 5.74) is 1.06. The third-order valence-electron chi connectivity index (χ3n) is 9.20. The first-order valence-corrected chi connectivity index (χ1v) is 13.5. The van der Waals surface area contributed by atoms with Gasteiger partial charge in [0.05, 0.1) is 5.92 Å². The van der Waals surface area contributed by atoms with Crippen LogP contribution in [-0.2, 0) is 0 Å². The minimum absolute atomic E-state index is 0.281. The molecule has 0 radical (unpaired) electrons. The second kappa shape index (κ2) is 10.9. The van der Waals surface area contributed by atoms with Crippen LogP contribution >= 0.6 is 0 Å². The first-order valence-electron chi connectivity index (χ1n) is 13.5. The fourth-order valence-electron chi connectivity index (χ4n) is 6.81. The lowest BCUT2D eigenvalue weighted by atomic mass is 9.68. The van der Waals surface area contributed by atoms with E-state index in [-0.39, 0.29) is 5.75 Å². The summed E-state index contributed by atoms with van der Waals surface area (Å²) in [6, 6.07) is 6.97. The average Bonchev–Trinajstić information content (AvgIpc) is 2.81. The average molecular weight is 447 g/mol. The zero-order chi connectivity index (χ0) is 22.6. The molecule has 3 fully saturated rings. The van der Waals surface area contributed by atoms with E-state index in [9.17, 15) is 8.78 Å². The van der Waals surface area contributed by atoms with Crippen LogP contribution in [0.3, 0.4) is 0 Å². The van der Waals surface area contributed by atoms with Crippen molar-refractivity contribution in [3.05, 3.63) is 29.8 Å². The Kier molecular flexibility index (Phi) is 8.16. The summed E-state index contributed by atoms with van der Waals surface area (Å²) in [6.45, 7) is 4.36. The van der Waals surface area contributed by atoms with Gasteiger partial charge in [-0.2, -0.15) is 8.78 Å². The largest absolute Gasteiger partial charge is 0.432 e. The van der Waals surface area contributed by atoms with E-state index in [2.05, 4.69) is 6.92 Å². The Morgan fingerprint density at radius 3 is 1.72 bits per heavy atom. The maximum absolute atomic E-state index is 14.8. The van der Waals surface area contributed by atoms with E-state index in [1.807, 2.05) is 19.1 Å². The van der Waals surface area contributed by atoms with E-state index < -0.39 is 12.0 Å². The van der Waals surface area contributed by atoms with Crippen molar-refractivity contribution in [2.45, 2.75) is 110 Å². The molecular formula is C29H44F2O. The van der Waals surface area contributed by atoms with Gasteiger partial charge in [0.1, 0.15) is 5.75 Å². The van der Waals surface area contributed by atoms with E-state index in [1.165, 1.54) is 64.2 Å². The molecule has 32 heavy (non-hydrogen) atoms. The molecule has 3 aliphatic carbocycles. The molecule has 1 aromatic carbocycles. The van der Waals surface area contributed by atoms with Gasteiger partial charge in [-0.3, -0.25) is 0 Å². The van der Waals surface area contributed by atoms with Gasteiger partial charge in [0.25, 0.3) is 0 Å². The molecular weight excluding hydrogens is 402 g/mol. The molecule has 1 aromatic rings. The highest BCUT2D eigenvalue weighted by molar-refractivity contribution is 5.26. The van der Waals surface area contributed by atoms with Crippen LogP contribution in [0.1, 0.15) is 102 Å². The summed E-state index contributed by atoms with van der Waals surface area (Å²) in [6.07, 6.45) is 14.1. The zero-order valence-corrected chi connectivity index (χ0v) is 20.3. The van der Waals surface area contributed by atoms with Gasteiger partial charge >= 0.3 is 6.11 Å². The van der Waals surface area contributed by atoms with E-state index in [4.69, 9.17) is 4.74 Å². The standard InChI is InChI=1S/C29H44F2O/c1-21-3-7-23(8-4-21)9-10-24-11-13-25(14-12-24)26-15-17-27(18-16-26)29(30,31)32-28-19-5-22(2)6-20-28/h5-6,19-21,23-27H,3-4,7-18H2,1-2H3. The number of benzene rings is 1. The summed E-state index contributed by atoms with van der Waals surface area (Å²) in [4.78, 5) is 0. The van der Waals surface area contributed by atoms with Crippen LogP contribution in [0.25, 0.3) is 0 Å². The van der Waals surface area contributed by atoms with Crippen LogP contribution in [0.4, 0.5) is 8.78 Å². The molecule has 0 spiro atoms. The van der Waals surface area contributed by atoms with Crippen molar-refractivity contribution < 1.29 is 13.5 Å². The molecule has 0 aromatic heterocycles. The normalized spacial score (nSPS) is 34.2. The Hall–Kier alpha value is -1.12. The minimum Gasteiger partial charge on any atom is -0.432 e. The van der Waals surface area contributed by atoms with Gasteiger partial charge in [0, 0.05) is 0 Å². The Balaban J connectivity index is 1.16. The highest BCUT2D eigenvalue weighted by Crippen LogP contribution is 2.46. The Bertz CT molecular complexity index is 676. The number of hydrogen-bond donors (Lipinski definition) is 0. The monoisotopic (exact) mass is 446 g/mol. The van der Waals surface area contributed by atoms with Crippen molar-refractivity contribution in [2.24, 2.45) is 35.5 Å². The van der Waals surface area contributed by atoms with Crippen LogP contribution in [0.2, 0.25) is 0 Å².